The third kappa shape index (κ3) is 4.65. The van der Waals surface area contributed by atoms with E-state index in [4.69, 9.17) is 21.3 Å². The molecule has 0 aliphatic rings. The molecule has 0 atom stereocenters. The third-order valence-corrected chi connectivity index (χ3v) is 5.28. The predicted octanol–water partition coefficient (Wildman–Crippen LogP) is 6.21. The van der Waals surface area contributed by atoms with Gasteiger partial charge in [0, 0.05) is 21.5 Å². The highest BCUT2D eigenvalue weighted by molar-refractivity contribution is 6.30. The van der Waals surface area contributed by atoms with Gasteiger partial charge in [0.05, 0.1) is 16.8 Å². The zero-order valence-electron chi connectivity index (χ0n) is 17.2. The molecule has 4 nitrogen and oxygen atoms in total. The highest BCUT2D eigenvalue weighted by Crippen LogP contribution is 2.26. The number of hydrogen-bond acceptors (Lipinski definition) is 4. The number of halogens is 1. The topological polar surface area (TPSA) is 56.3 Å². The highest BCUT2D eigenvalue weighted by atomic mass is 35.5. The number of carbonyl (C=O) groups excluding carboxylic acids is 2. The lowest BCUT2D eigenvalue weighted by molar-refractivity contribution is 0.0476. The maximum absolute atomic E-state index is 13.0. The van der Waals surface area contributed by atoms with E-state index < -0.39 is 5.97 Å². The first-order valence-corrected chi connectivity index (χ1v) is 10.2. The number of nitrogens with zero attached hydrogens (tertiary/aromatic N) is 1. The van der Waals surface area contributed by atoms with Crippen LogP contribution in [0.2, 0.25) is 5.02 Å². The Balaban J connectivity index is 1.66. The molecule has 0 fully saturated rings. The zero-order chi connectivity index (χ0) is 22.0. The van der Waals surface area contributed by atoms with Gasteiger partial charge in [-0.15, -0.1) is 0 Å². The lowest BCUT2D eigenvalue weighted by Gasteiger charge is -2.11. The fraction of sp³-hybridized carbons (Fsp3) is 0.115. The van der Waals surface area contributed by atoms with Crippen LogP contribution in [0.4, 0.5) is 0 Å². The summed E-state index contributed by atoms with van der Waals surface area (Å²) in [6, 6.07) is 21.9. The van der Waals surface area contributed by atoms with Crippen LogP contribution in [0.5, 0.6) is 0 Å². The second-order valence-corrected chi connectivity index (χ2v) is 7.88. The van der Waals surface area contributed by atoms with Crippen molar-refractivity contribution in [1.82, 2.24) is 4.98 Å². The van der Waals surface area contributed by atoms with Crippen molar-refractivity contribution in [3.63, 3.8) is 0 Å². The number of hydrogen-bond donors (Lipinski definition) is 0. The van der Waals surface area contributed by atoms with Crippen LogP contribution in [0.25, 0.3) is 22.2 Å². The first-order chi connectivity index (χ1) is 14.9. The fourth-order valence-electron chi connectivity index (χ4n) is 3.31. The summed E-state index contributed by atoms with van der Waals surface area (Å²) in [7, 11) is 0. The minimum absolute atomic E-state index is 0.293. The molecule has 0 radical (unpaired) electrons. The standard InChI is InChI=1S/C26H20ClNO3/c1-16-3-6-18(7-4-16)24-14-22(21-13-17(2)5-12-23(21)28-24)26(30)31-15-25(29)19-8-10-20(27)11-9-19/h3-14H,15H2,1-2H3. The summed E-state index contributed by atoms with van der Waals surface area (Å²) in [5, 5.41) is 1.23. The SMILES string of the molecule is Cc1ccc(-c2cc(C(=O)OCC(=O)c3ccc(Cl)cc3)c3cc(C)ccc3n2)cc1. The number of aryl methyl sites for hydroxylation is 2. The van der Waals surface area contributed by atoms with Gasteiger partial charge in [0.1, 0.15) is 0 Å². The highest BCUT2D eigenvalue weighted by Gasteiger charge is 2.17. The molecule has 0 N–H and O–H groups in total. The van der Waals surface area contributed by atoms with Gasteiger partial charge < -0.3 is 4.74 Å². The Labute approximate surface area is 185 Å². The molecular weight excluding hydrogens is 410 g/mol. The van der Waals surface area contributed by atoms with Crippen molar-refractivity contribution in [2.45, 2.75) is 13.8 Å². The molecule has 4 aromatic rings. The Kier molecular flexibility index (Phi) is 5.83. The number of esters is 1. The van der Waals surface area contributed by atoms with E-state index in [9.17, 15) is 9.59 Å². The average molecular weight is 430 g/mol. The van der Waals surface area contributed by atoms with E-state index in [2.05, 4.69) is 0 Å². The van der Waals surface area contributed by atoms with Gasteiger partial charge >= 0.3 is 5.97 Å². The first-order valence-electron chi connectivity index (χ1n) is 9.85. The maximum atomic E-state index is 13.0. The smallest absolute Gasteiger partial charge is 0.339 e. The van der Waals surface area contributed by atoms with Gasteiger partial charge in [0.15, 0.2) is 12.4 Å². The molecule has 0 aliphatic heterocycles. The Morgan fingerprint density at radius 3 is 2.26 bits per heavy atom. The molecule has 0 unspecified atom stereocenters. The van der Waals surface area contributed by atoms with Crippen molar-refractivity contribution in [1.29, 1.82) is 0 Å². The van der Waals surface area contributed by atoms with Crippen molar-refractivity contribution in [2.75, 3.05) is 6.61 Å². The number of pyridine rings is 1. The molecule has 0 saturated carbocycles. The van der Waals surface area contributed by atoms with E-state index in [1.165, 1.54) is 0 Å². The number of benzene rings is 3. The van der Waals surface area contributed by atoms with E-state index >= 15 is 0 Å². The van der Waals surface area contributed by atoms with Crippen LogP contribution in [-0.4, -0.2) is 23.3 Å². The molecule has 31 heavy (non-hydrogen) atoms. The molecular formula is C26H20ClNO3. The molecule has 0 bridgehead atoms. The summed E-state index contributed by atoms with van der Waals surface area (Å²) in [6.07, 6.45) is 0. The van der Waals surface area contributed by atoms with Crippen LogP contribution < -0.4 is 0 Å². The quantitative estimate of drug-likeness (QED) is 0.279. The number of carbonyl (C=O) groups is 2. The minimum atomic E-state index is -0.561. The summed E-state index contributed by atoms with van der Waals surface area (Å²) in [6.45, 7) is 3.61. The summed E-state index contributed by atoms with van der Waals surface area (Å²) in [5.41, 5.74) is 5.23. The Hall–Kier alpha value is -3.50. The molecule has 0 spiro atoms. The van der Waals surface area contributed by atoms with E-state index in [1.807, 2.05) is 56.3 Å². The van der Waals surface area contributed by atoms with Gasteiger partial charge in [-0.2, -0.15) is 0 Å². The molecule has 1 aromatic heterocycles. The number of rotatable bonds is 5. The molecule has 0 saturated heterocycles. The largest absolute Gasteiger partial charge is 0.454 e. The molecule has 154 valence electrons. The Morgan fingerprint density at radius 2 is 1.55 bits per heavy atom. The van der Waals surface area contributed by atoms with Crippen molar-refractivity contribution in [2.24, 2.45) is 0 Å². The van der Waals surface area contributed by atoms with Crippen LogP contribution >= 0.6 is 11.6 Å². The van der Waals surface area contributed by atoms with Gasteiger partial charge in [-0.05, 0) is 56.3 Å². The lowest BCUT2D eigenvalue weighted by atomic mass is 10.0. The Morgan fingerprint density at radius 1 is 0.871 bits per heavy atom. The number of ketones is 1. The molecule has 0 aliphatic carbocycles. The van der Waals surface area contributed by atoms with Gasteiger partial charge in [-0.3, -0.25) is 4.79 Å². The third-order valence-electron chi connectivity index (χ3n) is 5.03. The van der Waals surface area contributed by atoms with Crippen molar-refractivity contribution in [3.8, 4) is 11.3 Å². The monoisotopic (exact) mass is 429 g/mol. The number of fused-ring (bicyclic) bond motifs is 1. The van der Waals surface area contributed by atoms with E-state index in [0.29, 0.717) is 32.7 Å². The summed E-state index contributed by atoms with van der Waals surface area (Å²) in [5.74, 6) is -0.855. The first kappa shape index (κ1) is 20.8. The lowest BCUT2D eigenvalue weighted by Crippen LogP contribution is -2.15. The number of Topliss-reactive ketones (excluding diaryl/α,β-unsaturated/α-hetero) is 1. The van der Waals surface area contributed by atoms with Crippen molar-refractivity contribution in [3.05, 3.63) is 100 Å². The van der Waals surface area contributed by atoms with Crippen LogP contribution in [0.15, 0.2) is 72.8 Å². The Bertz CT molecular complexity index is 1280. The molecule has 5 heteroatoms. The van der Waals surface area contributed by atoms with Crippen LogP contribution in [0, 0.1) is 13.8 Å². The van der Waals surface area contributed by atoms with E-state index in [-0.39, 0.29) is 12.4 Å². The summed E-state index contributed by atoms with van der Waals surface area (Å²) in [4.78, 5) is 30.1. The molecule has 0 amide bonds. The molecule has 1 heterocycles. The predicted molar refractivity (Wildman–Crippen MR) is 123 cm³/mol. The summed E-state index contributed by atoms with van der Waals surface area (Å²) < 4.78 is 5.38. The average Bonchev–Trinajstić information content (AvgIpc) is 2.77. The van der Waals surface area contributed by atoms with Crippen molar-refractivity contribution < 1.29 is 14.3 Å². The fourth-order valence-corrected chi connectivity index (χ4v) is 3.43. The number of aromatic nitrogens is 1. The van der Waals surface area contributed by atoms with E-state index in [0.717, 1.165) is 16.7 Å². The zero-order valence-corrected chi connectivity index (χ0v) is 17.9. The minimum Gasteiger partial charge on any atom is -0.454 e. The van der Waals surface area contributed by atoms with Crippen LogP contribution in [0.1, 0.15) is 31.8 Å². The molecule has 3 aromatic carbocycles. The second kappa shape index (κ2) is 8.70. The second-order valence-electron chi connectivity index (χ2n) is 7.45. The van der Waals surface area contributed by atoms with Gasteiger partial charge in [-0.1, -0.05) is 53.1 Å². The van der Waals surface area contributed by atoms with E-state index in [1.54, 1.807) is 30.3 Å². The normalized spacial score (nSPS) is 10.8. The van der Waals surface area contributed by atoms with Gasteiger partial charge in [0.2, 0.25) is 0 Å². The maximum Gasteiger partial charge on any atom is 0.339 e. The summed E-state index contributed by atoms with van der Waals surface area (Å²) >= 11 is 5.86. The van der Waals surface area contributed by atoms with Crippen LogP contribution in [-0.2, 0) is 4.74 Å². The van der Waals surface area contributed by atoms with Gasteiger partial charge in [-0.25, -0.2) is 9.78 Å². The van der Waals surface area contributed by atoms with Gasteiger partial charge in [0.25, 0.3) is 0 Å². The van der Waals surface area contributed by atoms with Crippen molar-refractivity contribution >= 4 is 34.3 Å². The number of ether oxygens (including phenoxy) is 1. The molecule has 4 rings (SSSR count). The van der Waals surface area contributed by atoms with Crippen LogP contribution in [0.3, 0.4) is 0 Å².